The normalized spacial score (nSPS) is 25.7. The molecule has 6 nitrogen and oxygen atoms in total. The quantitative estimate of drug-likeness (QED) is 0.828. The van der Waals surface area contributed by atoms with Crippen molar-refractivity contribution in [2.45, 2.75) is 57.7 Å². The molecule has 140 valence electrons. The van der Waals surface area contributed by atoms with Gasteiger partial charge in [-0.25, -0.2) is 9.67 Å². The number of benzene rings is 1. The Morgan fingerprint density at radius 1 is 1.12 bits per heavy atom. The second-order valence-corrected chi connectivity index (χ2v) is 7.70. The maximum atomic E-state index is 5.23. The number of fused-ring (bicyclic) bond motifs is 1. The van der Waals surface area contributed by atoms with Crippen LogP contribution in [0.4, 0.5) is 0 Å². The predicted octanol–water partition coefficient (Wildman–Crippen LogP) is 1.85. The van der Waals surface area contributed by atoms with Crippen LogP contribution in [0.5, 0.6) is 0 Å². The van der Waals surface area contributed by atoms with Crippen LogP contribution in [-0.4, -0.2) is 40.6 Å². The molecule has 2 aromatic rings. The topological polar surface area (TPSA) is 64.0 Å². The number of nitrogens with one attached hydrogen (secondary N) is 2. The lowest BCUT2D eigenvalue weighted by Gasteiger charge is -2.19. The number of hydrazine groups is 1. The molecule has 2 unspecified atom stereocenters. The monoisotopic (exact) mass is 355 g/mol. The summed E-state index contributed by atoms with van der Waals surface area (Å²) in [5.74, 6) is 2.53. The van der Waals surface area contributed by atoms with Crippen LogP contribution in [0, 0.1) is 5.92 Å². The van der Waals surface area contributed by atoms with E-state index in [1.165, 1.54) is 11.1 Å². The molecule has 0 saturated carbocycles. The van der Waals surface area contributed by atoms with Crippen molar-refractivity contribution in [3.05, 3.63) is 47.0 Å². The lowest BCUT2D eigenvalue weighted by molar-refractivity contribution is 0.200. The van der Waals surface area contributed by atoms with Gasteiger partial charge in [0.1, 0.15) is 5.82 Å². The maximum absolute atomic E-state index is 5.23. The molecular weight excluding hydrogens is 326 g/mol. The highest BCUT2D eigenvalue weighted by Crippen LogP contribution is 2.31. The SMILES string of the molecule is COCCc1nc(CC2C(C)NNC2C)n(C2Cc3ccccc3C2)n1. The van der Waals surface area contributed by atoms with Crippen molar-refractivity contribution in [3.63, 3.8) is 0 Å². The Labute approximate surface area is 155 Å². The average Bonchev–Trinajstić information content (AvgIpc) is 3.32. The van der Waals surface area contributed by atoms with E-state index in [0.29, 0.717) is 30.7 Å². The van der Waals surface area contributed by atoms with E-state index in [4.69, 9.17) is 14.8 Å². The highest BCUT2D eigenvalue weighted by molar-refractivity contribution is 5.33. The summed E-state index contributed by atoms with van der Waals surface area (Å²) >= 11 is 0. The van der Waals surface area contributed by atoms with E-state index in [9.17, 15) is 0 Å². The number of rotatable bonds is 6. The fraction of sp³-hybridized carbons (Fsp3) is 0.600. The van der Waals surface area contributed by atoms with Gasteiger partial charge in [0.05, 0.1) is 12.6 Å². The van der Waals surface area contributed by atoms with E-state index in [-0.39, 0.29) is 0 Å². The summed E-state index contributed by atoms with van der Waals surface area (Å²) in [5.41, 5.74) is 9.61. The zero-order valence-electron chi connectivity index (χ0n) is 15.9. The summed E-state index contributed by atoms with van der Waals surface area (Å²) in [5, 5.41) is 4.89. The summed E-state index contributed by atoms with van der Waals surface area (Å²) in [7, 11) is 1.73. The zero-order chi connectivity index (χ0) is 18.1. The maximum Gasteiger partial charge on any atom is 0.153 e. The van der Waals surface area contributed by atoms with Crippen LogP contribution in [0.3, 0.4) is 0 Å². The van der Waals surface area contributed by atoms with Crippen molar-refractivity contribution in [1.82, 2.24) is 25.6 Å². The van der Waals surface area contributed by atoms with Gasteiger partial charge in [0.15, 0.2) is 5.82 Å². The lowest BCUT2D eigenvalue weighted by atomic mass is 9.92. The van der Waals surface area contributed by atoms with Crippen LogP contribution in [0.1, 0.15) is 42.7 Å². The molecule has 6 heteroatoms. The minimum Gasteiger partial charge on any atom is -0.384 e. The van der Waals surface area contributed by atoms with Crippen LogP contribution >= 0.6 is 0 Å². The third kappa shape index (κ3) is 3.41. The van der Waals surface area contributed by atoms with Gasteiger partial charge >= 0.3 is 0 Å². The molecule has 0 spiro atoms. The minimum atomic E-state index is 0.374. The van der Waals surface area contributed by atoms with Gasteiger partial charge in [0.2, 0.25) is 0 Å². The fourth-order valence-corrected chi connectivity index (χ4v) is 4.32. The highest BCUT2D eigenvalue weighted by atomic mass is 16.5. The van der Waals surface area contributed by atoms with Gasteiger partial charge in [-0.1, -0.05) is 24.3 Å². The fourth-order valence-electron chi connectivity index (χ4n) is 4.32. The predicted molar refractivity (Wildman–Crippen MR) is 101 cm³/mol. The van der Waals surface area contributed by atoms with Gasteiger partial charge in [-0.05, 0) is 43.7 Å². The molecule has 1 aliphatic carbocycles. The molecule has 2 heterocycles. The second-order valence-electron chi connectivity index (χ2n) is 7.70. The molecule has 4 rings (SSSR count). The highest BCUT2D eigenvalue weighted by Gasteiger charge is 2.33. The number of hydrogen-bond acceptors (Lipinski definition) is 5. The Balaban J connectivity index is 1.59. The van der Waals surface area contributed by atoms with Crippen LogP contribution in [0.25, 0.3) is 0 Å². The Bertz CT molecular complexity index is 723. The summed E-state index contributed by atoms with van der Waals surface area (Å²) in [6.07, 6.45) is 3.79. The summed E-state index contributed by atoms with van der Waals surface area (Å²) < 4.78 is 7.44. The summed E-state index contributed by atoms with van der Waals surface area (Å²) in [6, 6.07) is 9.98. The Kier molecular flexibility index (Phi) is 5.07. The third-order valence-electron chi connectivity index (χ3n) is 5.89. The van der Waals surface area contributed by atoms with E-state index >= 15 is 0 Å². The number of ether oxygens (including phenoxy) is 1. The Morgan fingerprint density at radius 3 is 2.38 bits per heavy atom. The van der Waals surface area contributed by atoms with Crippen LogP contribution in [-0.2, 0) is 30.4 Å². The van der Waals surface area contributed by atoms with E-state index in [0.717, 1.165) is 37.3 Å². The molecule has 0 amide bonds. The van der Waals surface area contributed by atoms with Crippen LogP contribution < -0.4 is 10.9 Å². The van der Waals surface area contributed by atoms with Gasteiger partial charge in [0.25, 0.3) is 0 Å². The molecule has 0 bridgehead atoms. The largest absolute Gasteiger partial charge is 0.384 e. The van der Waals surface area contributed by atoms with Crippen molar-refractivity contribution in [3.8, 4) is 0 Å². The van der Waals surface area contributed by atoms with Crippen molar-refractivity contribution in [1.29, 1.82) is 0 Å². The number of methoxy groups -OCH3 is 1. The average molecular weight is 355 g/mol. The van der Waals surface area contributed by atoms with Crippen molar-refractivity contribution < 1.29 is 4.74 Å². The van der Waals surface area contributed by atoms with E-state index < -0.39 is 0 Å². The second kappa shape index (κ2) is 7.47. The first kappa shape index (κ1) is 17.6. The van der Waals surface area contributed by atoms with Gasteiger partial charge < -0.3 is 4.74 Å². The molecule has 1 aliphatic heterocycles. The number of hydrogen-bond donors (Lipinski definition) is 2. The molecule has 1 aromatic carbocycles. The molecule has 26 heavy (non-hydrogen) atoms. The Morgan fingerprint density at radius 2 is 1.77 bits per heavy atom. The van der Waals surface area contributed by atoms with E-state index in [2.05, 4.69) is 53.6 Å². The molecule has 2 atom stereocenters. The number of nitrogens with zero attached hydrogens (tertiary/aromatic N) is 3. The van der Waals surface area contributed by atoms with Gasteiger partial charge in [-0.15, -0.1) is 0 Å². The molecule has 1 aromatic heterocycles. The molecule has 1 saturated heterocycles. The lowest BCUT2D eigenvalue weighted by Crippen LogP contribution is -2.30. The first-order valence-corrected chi connectivity index (χ1v) is 9.66. The number of aromatic nitrogens is 3. The van der Waals surface area contributed by atoms with Crippen LogP contribution in [0.15, 0.2) is 24.3 Å². The molecular formula is C20H29N5O. The zero-order valence-corrected chi connectivity index (χ0v) is 15.9. The first-order chi connectivity index (χ1) is 12.7. The molecule has 2 N–H and O–H groups in total. The first-order valence-electron chi connectivity index (χ1n) is 9.66. The molecule has 2 aliphatic rings. The van der Waals surface area contributed by atoms with Crippen molar-refractivity contribution >= 4 is 0 Å². The van der Waals surface area contributed by atoms with Gasteiger partial charge in [0, 0.05) is 32.0 Å². The third-order valence-corrected chi connectivity index (χ3v) is 5.89. The van der Waals surface area contributed by atoms with Gasteiger partial charge in [-0.2, -0.15) is 5.10 Å². The standard InChI is InChI=1S/C20H29N5O/c1-13-18(14(2)23-22-13)12-20-21-19(8-9-26-3)24-25(20)17-10-15-6-4-5-7-16(15)11-17/h4-7,13-14,17-18,22-23H,8-12H2,1-3H3. The van der Waals surface area contributed by atoms with Gasteiger partial charge in [-0.3, -0.25) is 10.9 Å². The van der Waals surface area contributed by atoms with E-state index in [1.54, 1.807) is 7.11 Å². The Hall–Kier alpha value is -1.76. The van der Waals surface area contributed by atoms with Crippen molar-refractivity contribution in [2.24, 2.45) is 5.92 Å². The minimum absolute atomic E-state index is 0.374. The summed E-state index contributed by atoms with van der Waals surface area (Å²) in [6.45, 7) is 5.13. The van der Waals surface area contributed by atoms with E-state index in [1.807, 2.05) is 0 Å². The smallest absolute Gasteiger partial charge is 0.153 e. The summed E-state index contributed by atoms with van der Waals surface area (Å²) in [4.78, 5) is 4.90. The molecule has 0 radical (unpaired) electrons. The molecule has 1 fully saturated rings. The van der Waals surface area contributed by atoms with Crippen LogP contribution in [0.2, 0.25) is 0 Å². The van der Waals surface area contributed by atoms with Crippen molar-refractivity contribution in [2.75, 3.05) is 13.7 Å².